The van der Waals surface area contributed by atoms with Gasteiger partial charge >= 0.3 is 0 Å². The summed E-state index contributed by atoms with van der Waals surface area (Å²) in [4.78, 5) is 0. The van der Waals surface area contributed by atoms with Crippen molar-refractivity contribution in [1.29, 1.82) is 0 Å². The average molecular weight is 136 g/mol. The van der Waals surface area contributed by atoms with E-state index in [-0.39, 0.29) is 0 Å². The fourth-order valence-electron chi connectivity index (χ4n) is 1.61. The number of hydrogen-bond acceptors (Lipinski definition) is 1. The molecule has 2 unspecified atom stereocenters. The SMILES string of the molecule is C1=CC2CCCOC2C=C1. The van der Waals surface area contributed by atoms with Crippen LogP contribution in [-0.4, -0.2) is 12.7 Å². The molecule has 1 saturated heterocycles. The number of ether oxygens (including phenoxy) is 1. The van der Waals surface area contributed by atoms with Crippen molar-refractivity contribution in [3.05, 3.63) is 24.3 Å². The van der Waals surface area contributed by atoms with Gasteiger partial charge in [-0.1, -0.05) is 24.3 Å². The number of fused-ring (bicyclic) bond motifs is 1. The lowest BCUT2D eigenvalue weighted by Crippen LogP contribution is -2.27. The molecule has 1 aliphatic carbocycles. The summed E-state index contributed by atoms with van der Waals surface area (Å²) in [5, 5.41) is 0. The zero-order chi connectivity index (χ0) is 6.81. The molecule has 2 aliphatic rings. The van der Waals surface area contributed by atoms with Gasteiger partial charge in [0.2, 0.25) is 0 Å². The lowest BCUT2D eigenvalue weighted by molar-refractivity contribution is 0.0188. The zero-order valence-electron chi connectivity index (χ0n) is 5.99. The number of hydrogen-bond donors (Lipinski definition) is 0. The highest BCUT2D eigenvalue weighted by molar-refractivity contribution is 5.15. The molecule has 0 aromatic rings. The van der Waals surface area contributed by atoms with Gasteiger partial charge in [-0.15, -0.1) is 0 Å². The molecule has 1 aliphatic heterocycles. The van der Waals surface area contributed by atoms with Gasteiger partial charge in [-0.2, -0.15) is 0 Å². The Morgan fingerprint density at radius 1 is 1.20 bits per heavy atom. The maximum absolute atomic E-state index is 5.54. The number of allylic oxidation sites excluding steroid dienone is 2. The van der Waals surface area contributed by atoms with Crippen LogP contribution in [0.15, 0.2) is 24.3 Å². The van der Waals surface area contributed by atoms with Crippen LogP contribution in [0.4, 0.5) is 0 Å². The maximum atomic E-state index is 5.54. The van der Waals surface area contributed by atoms with Gasteiger partial charge in [-0.25, -0.2) is 0 Å². The van der Waals surface area contributed by atoms with E-state index in [1.165, 1.54) is 12.8 Å². The molecule has 0 spiro atoms. The minimum atomic E-state index is 0.388. The van der Waals surface area contributed by atoms with Gasteiger partial charge in [-0.3, -0.25) is 0 Å². The first-order valence-electron chi connectivity index (χ1n) is 3.93. The Balaban J connectivity index is 2.09. The third kappa shape index (κ3) is 1.01. The first-order chi connectivity index (χ1) is 4.97. The van der Waals surface area contributed by atoms with E-state index in [1.807, 2.05) is 0 Å². The van der Waals surface area contributed by atoms with Crippen LogP contribution in [0.1, 0.15) is 12.8 Å². The Hall–Kier alpha value is -0.560. The average Bonchev–Trinajstić information content (AvgIpc) is 2.05. The van der Waals surface area contributed by atoms with Crippen LogP contribution in [0.2, 0.25) is 0 Å². The van der Waals surface area contributed by atoms with E-state index in [9.17, 15) is 0 Å². The molecule has 2 atom stereocenters. The van der Waals surface area contributed by atoms with Crippen LogP contribution in [0.25, 0.3) is 0 Å². The fourth-order valence-corrected chi connectivity index (χ4v) is 1.61. The molecule has 2 rings (SSSR count). The van der Waals surface area contributed by atoms with Crippen LogP contribution in [0.3, 0.4) is 0 Å². The summed E-state index contributed by atoms with van der Waals surface area (Å²) in [7, 11) is 0. The molecular weight excluding hydrogens is 124 g/mol. The number of rotatable bonds is 0. The molecule has 0 aromatic carbocycles. The molecule has 0 bridgehead atoms. The highest BCUT2D eigenvalue weighted by Crippen LogP contribution is 2.25. The highest BCUT2D eigenvalue weighted by Gasteiger charge is 2.22. The molecule has 0 amide bonds. The van der Waals surface area contributed by atoms with E-state index in [0.29, 0.717) is 12.0 Å². The lowest BCUT2D eigenvalue weighted by atomic mass is 9.91. The topological polar surface area (TPSA) is 9.23 Å². The van der Waals surface area contributed by atoms with Crippen LogP contribution in [0, 0.1) is 5.92 Å². The van der Waals surface area contributed by atoms with Crippen LogP contribution in [0.5, 0.6) is 0 Å². The van der Waals surface area contributed by atoms with Gasteiger partial charge in [0, 0.05) is 12.5 Å². The van der Waals surface area contributed by atoms with Crippen molar-refractivity contribution in [2.45, 2.75) is 18.9 Å². The first kappa shape index (κ1) is 6.17. The van der Waals surface area contributed by atoms with E-state index in [4.69, 9.17) is 4.74 Å². The minimum absolute atomic E-state index is 0.388. The van der Waals surface area contributed by atoms with Gasteiger partial charge in [0.25, 0.3) is 0 Å². The molecule has 0 aromatic heterocycles. The van der Waals surface area contributed by atoms with Crippen LogP contribution < -0.4 is 0 Å². The molecule has 1 heteroatoms. The highest BCUT2D eigenvalue weighted by atomic mass is 16.5. The predicted octanol–water partition coefficient (Wildman–Crippen LogP) is 1.91. The van der Waals surface area contributed by atoms with Gasteiger partial charge < -0.3 is 4.74 Å². The van der Waals surface area contributed by atoms with Gasteiger partial charge in [0.15, 0.2) is 0 Å². The Morgan fingerprint density at radius 3 is 3.00 bits per heavy atom. The Bertz CT molecular complexity index is 150. The summed E-state index contributed by atoms with van der Waals surface area (Å²) in [5.41, 5.74) is 0. The zero-order valence-corrected chi connectivity index (χ0v) is 5.99. The predicted molar refractivity (Wildman–Crippen MR) is 40.7 cm³/mol. The van der Waals surface area contributed by atoms with Gasteiger partial charge in [0.1, 0.15) is 0 Å². The molecule has 10 heavy (non-hydrogen) atoms. The quantitative estimate of drug-likeness (QED) is 0.494. The Morgan fingerprint density at radius 2 is 2.10 bits per heavy atom. The van der Waals surface area contributed by atoms with Crippen molar-refractivity contribution in [2.24, 2.45) is 5.92 Å². The second kappa shape index (κ2) is 2.59. The standard InChI is InChI=1S/C9H12O/c1-2-6-9-8(4-1)5-3-7-10-9/h1-2,4,6,8-9H,3,5,7H2. The van der Waals surface area contributed by atoms with Crippen LogP contribution in [-0.2, 0) is 4.74 Å². The van der Waals surface area contributed by atoms with E-state index in [2.05, 4.69) is 24.3 Å². The van der Waals surface area contributed by atoms with Crippen LogP contribution >= 0.6 is 0 Å². The summed E-state index contributed by atoms with van der Waals surface area (Å²) in [5.74, 6) is 0.666. The van der Waals surface area contributed by atoms with Crippen molar-refractivity contribution in [3.8, 4) is 0 Å². The second-order valence-corrected chi connectivity index (χ2v) is 2.91. The van der Waals surface area contributed by atoms with Crippen molar-refractivity contribution < 1.29 is 4.74 Å². The molecule has 0 saturated carbocycles. The summed E-state index contributed by atoms with van der Waals surface area (Å²) in [6.07, 6.45) is 11.5. The summed E-state index contributed by atoms with van der Waals surface area (Å²) >= 11 is 0. The Labute approximate surface area is 61.4 Å². The normalized spacial score (nSPS) is 37.6. The molecular formula is C9H12O. The molecule has 0 radical (unpaired) electrons. The van der Waals surface area contributed by atoms with Crippen molar-refractivity contribution in [2.75, 3.05) is 6.61 Å². The monoisotopic (exact) mass is 136 g/mol. The van der Waals surface area contributed by atoms with E-state index in [1.54, 1.807) is 0 Å². The minimum Gasteiger partial charge on any atom is -0.374 e. The smallest absolute Gasteiger partial charge is 0.0821 e. The molecule has 1 nitrogen and oxygen atoms in total. The van der Waals surface area contributed by atoms with Crippen molar-refractivity contribution >= 4 is 0 Å². The second-order valence-electron chi connectivity index (χ2n) is 2.91. The van der Waals surface area contributed by atoms with Crippen molar-refractivity contribution in [1.82, 2.24) is 0 Å². The Kier molecular flexibility index (Phi) is 1.60. The summed E-state index contributed by atoms with van der Waals surface area (Å²) in [6, 6.07) is 0. The van der Waals surface area contributed by atoms with Gasteiger partial charge in [-0.05, 0) is 12.8 Å². The molecule has 1 heterocycles. The van der Waals surface area contributed by atoms with E-state index >= 15 is 0 Å². The maximum Gasteiger partial charge on any atom is 0.0821 e. The third-order valence-electron chi connectivity index (χ3n) is 2.18. The molecule has 1 fully saturated rings. The van der Waals surface area contributed by atoms with E-state index in [0.717, 1.165) is 6.61 Å². The fraction of sp³-hybridized carbons (Fsp3) is 0.556. The van der Waals surface area contributed by atoms with E-state index < -0.39 is 0 Å². The summed E-state index contributed by atoms with van der Waals surface area (Å²) in [6.45, 7) is 0.944. The first-order valence-corrected chi connectivity index (χ1v) is 3.93. The molecule has 0 N–H and O–H groups in total. The molecule has 54 valence electrons. The third-order valence-corrected chi connectivity index (χ3v) is 2.18. The van der Waals surface area contributed by atoms with Crippen molar-refractivity contribution in [3.63, 3.8) is 0 Å². The summed E-state index contributed by atoms with van der Waals surface area (Å²) < 4.78 is 5.54. The largest absolute Gasteiger partial charge is 0.374 e. The van der Waals surface area contributed by atoms with Gasteiger partial charge in [0.05, 0.1) is 6.10 Å². The lowest BCUT2D eigenvalue weighted by Gasteiger charge is -2.28.